The van der Waals surface area contributed by atoms with Gasteiger partial charge in [0.05, 0.1) is 19.2 Å². The van der Waals surface area contributed by atoms with Crippen molar-refractivity contribution in [3.8, 4) is 0 Å². The molecule has 1 aliphatic heterocycles. The molecule has 0 spiro atoms. The number of carbonyl (C=O) groups is 2. The van der Waals surface area contributed by atoms with Crippen LogP contribution in [0.5, 0.6) is 0 Å². The molecule has 0 fully saturated rings. The molecule has 118 valence electrons. The largest absolute Gasteiger partial charge is 0.383 e. The summed E-state index contributed by atoms with van der Waals surface area (Å²) in [7, 11) is 1.58. The summed E-state index contributed by atoms with van der Waals surface area (Å²) in [5, 5.41) is 2.91. The van der Waals surface area contributed by atoms with E-state index in [2.05, 4.69) is 21.2 Å². The average molecular weight is 367 g/mol. The van der Waals surface area contributed by atoms with Crippen molar-refractivity contribution in [1.82, 2.24) is 10.2 Å². The minimum atomic E-state index is -0.420. The molecule has 22 heavy (non-hydrogen) atoms. The van der Waals surface area contributed by atoms with E-state index < -0.39 is 6.04 Å². The maximum atomic E-state index is 12.3. The first kappa shape index (κ1) is 16.7. The van der Waals surface area contributed by atoms with Crippen LogP contribution < -0.4 is 5.32 Å². The van der Waals surface area contributed by atoms with Gasteiger partial charge in [-0.1, -0.05) is 28.1 Å². The summed E-state index contributed by atoms with van der Waals surface area (Å²) < 4.78 is 5.98. The average Bonchev–Trinajstić information content (AvgIpc) is 2.46. The SMILES string of the molecule is COCCN1C(=O)N[C@@H](c2ccc(Br)cc2)C(C(C)=O)=C1C. The molecule has 0 saturated carbocycles. The van der Waals surface area contributed by atoms with E-state index in [1.165, 1.54) is 6.92 Å². The van der Waals surface area contributed by atoms with Crippen molar-refractivity contribution in [2.24, 2.45) is 0 Å². The zero-order chi connectivity index (χ0) is 16.3. The lowest BCUT2D eigenvalue weighted by Crippen LogP contribution is -2.48. The van der Waals surface area contributed by atoms with Gasteiger partial charge in [-0.3, -0.25) is 9.69 Å². The highest BCUT2D eigenvalue weighted by Crippen LogP contribution is 2.31. The Balaban J connectivity index is 2.42. The van der Waals surface area contributed by atoms with E-state index in [1.54, 1.807) is 18.9 Å². The van der Waals surface area contributed by atoms with Crippen molar-refractivity contribution in [1.29, 1.82) is 0 Å². The molecule has 2 rings (SSSR count). The molecule has 6 heteroatoms. The van der Waals surface area contributed by atoms with Crippen molar-refractivity contribution in [3.05, 3.63) is 45.6 Å². The van der Waals surface area contributed by atoms with E-state index in [9.17, 15) is 9.59 Å². The maximum absolute atomic E-state index is 12.3. The molecule has 1 N–H and O–H groups in total. The Kier molecular flexibility index (Phi) is 5.37. The standard InChI is InChI=1S/C16H19BrN2O3/c1-10-14(11(2)20)15(12-4-6-13(17)7-5-12)18-16(21)19(10)8-9-22-3/h4-7,15H,8-9H2,1-3H3,(H,18,21)/t15-/m0/s1. The number of carbonyl (C=O) groups excluding carboxylic acids is 2. The summed E-state index contributed by atoms with van der Waals surface area (Å²) in [5.74, 6) is -0.0483. The van der Waals surface area contributed by atoms with Crippen LogP contribution in [0.1, 0.15) is 25.5 Å². The highest BCUT2D eigenvalue weighted by Gasteiger charge is 2.33. The first-order valence-electron chi connectivity index (χ1n) is 6.99. The molecule has 1 aromatic rings. The lowest BCUT2D eigenvalue weighted by atomic mass is 9.92. The van der Waals surface area contributed by atoms with Crippen molar-refractivity contribution in [2.75, 3.05) is 20.3 Å². The number of methoxy groups -OCH3 is 1. The number of Topliss-reactive ketones (excluding diaryl/α,β-unsaturated/α-hetero) is 1. The fourth-order valence-electron chi connectivity index (χ4n) is 2.60. The number of nitrogens with zero attached hydrogens (tertiary/aromatic N) is 1. The number of halogens is 1. The summed E-state index contributed by atoms with van der Waals surface area (Å²) >= 11 is 3.39. The lowest BCUT2D eigenvalue weighted by Gasteiger charge is -2.35. The van der Waals surface area contributed by atoms with Gasteiger partial charge in [0.1, 0.15) is 0 Å². The fraction of sp³-hybridized carbons (Fsp3) is 0.375. The third kappa shape index (κ3) is 3.39. The number of rotatable bonds is 5. The molecule has 0 aliphatic carbocycles. The van der Waals surface area contributed by atoms with Gasteiger partial charge in [-0.15, -0.1) is 0 Å². The van der Waals surface area contributed by atoms with Crippen LogP contribution in [0.15, 0.2) is 40.0 Å². The molecule has 0 unspecified atom stereocenters. The zero-order valence-corrected chi connectivity index (χ0v) is 14.4. The molecule has 0 aromatic heterocycles. The Hall–Kier alpha value is -1.66. The lowest BCUT2D eigenvalue weighted by molar-refractivity contribution is -0.114. The van der Waals surface area contributed by atoms with E-state index in [-0.39, 0.29) is 11.8 Å². The molecule has 0 saturated heterocycles. The van der Waals surface area contributed by atoms with Gasteiger partial charge in [-0.25, -0.2) is 4.79 Å². The Morgan fingerprint density at radius 1 is 1.36 bits per heavy atom. The van der Waals surface area contributed by atoms with Gasteiger partial charge in [0, 0.05) is 22.9 Å². The van der Waals surface area contributed by atoms with Crippen LogP contribution in [0.3, 0.4) is 0 Å². The number of nitrogens with one attached hydrogen (secondary N) is 1. The summed E-state index contributed by atoms with van der Waals surface area (Å²) in [6, 6.07) is 6.95. The van der Waals surface area contributed by atoms with Gasteiger partial charge in [-0.05, 0) is 31.5 Å². The van der Waals surface area contributed by atoms with Crippen molar-refractivity contribution in [2.45, 2.75) is 19.9 Å². The number of allylic oxidation sites excluding steroid dienone is 1. The number of hydrogen-bond acceptors (Lipinski definition) is 3. The number of amides is 2. The molecule has 2 amide bonds. The molecule has 1 atom stereocenters. The van der Waals surface area contributed by atoms with Crippen LogP contribution in [-0.4, -0.2) is 37.0 Å². The fourth-order valence-corrected chi connectivity index (χ4v) is 2.86. The Labute approximate surface area is 138 Å². The third-order valence-electron chi connectivity index (χ3n) is 3.70. The van der Waals surface area contributed by atoms with E-state index in [0.717, 1.165) is 10.0 Å². The quantitative estimate of drug-likeness (QED) is 0.871. The second-order valence-corrected chi connectivity index (χ2v) is 6.05. The molecule has 0 bridgehead atoms. The Morgan fingerprint density at radius 2 is 2.00 bits per heavy atom. The van der Waals surface area contributed by atoms with Gasteiger partial charge < -0.3 is 10.1 Å². The summed E-state index contributed by atoms with van der Waals surface area (Å²) in [4.78, 5) is 26.0. The van der Waals surface area contributed by atoms with Crippen molar-refractivity contribution < 1.29 is 14.3 Å². The van der Waals surface area contributed by atoms with Crippen LogP contribution in [-0.2, 0) is 9.53 Å². The van der Waals surface area contributed by atoms with Crippen molar-refractivity contribution in [3.63, 3.8) is 0 Å². The second kappa shape index (κ2) is 7.07. The second-order valence-electron chi connectivity index (χ2n) is 5.13. The first-order chi connectivity index (χ1) is 10.5. The molecular formula is C16H19BrN2O3. The molecule has 1 heterocycles. The molecule has 0 radical (unpaired) electrons. The molecular weight excluding hydrogens is 348 g/mol. The van der Waals surface area contributed by atoms with Crippen LogP contribution in [0.2, 0.25) is 0 Å². The summed E-state index contributed by atoms with van der Waals surface area (Å²) in [5.41, 5.74) is 2.17. The molecule has 1 aliphatic rings. The summed E-state index contributed by atoms with van der Waals surface area (Å²) in [6.07, 6.45) is 0. The Bertz CT molecular complexity index is 610. The van der Waals surface area contributed by atoms with E-state index in [0.29, 0.717) is 24.4 Å². The molecule has 5 nitrogen and oxygen atoms in total. The number of ketones is 1. The van der Waals surface area contributed by atoms with E-state index in [4.69, 9.17) is 4.74 Å². The van der Waals surface area contributed by atoms with Gasteiger partial charge in [0.15, 0.2) is 5.78 Å². The topological polar surface area (TPSA) is 58.6 Å². The predicted molar refractivity (Wildman–Crippen MR) is 87.4 cm³/mol. The summed E-state index contributed by atoms with van der Waals surface area (Å²) in [6.45, 7) is 4.16. The minimum absolute atomic E-state index is 0.0483. The highest BCUT2D eigenvalue weighted by atomic mass is 79.9. The van der Waals surface area contributed by atoms with E-state index in [1.807, 2.05) is 24.3 Å². The van der Waals surface area contributed by atoms with Crippen LogP contribution in [0, 0.1) is 0 Å². The maximum Gasteiger partial charge on any atom is 0.322 e. The van der Waals surface area contributed by atoms with Gasteiger partial charge in [0.2, 0.25) is 0 Å². The predicted octanol–water partition coefficient (Wildman–Crippen LogP) is 3.02. The minimum Gasteiger partial charge on any atom is -0.383 e. The van der Waals surface area contributed by atoms with Gasteiger partial charge in [0.25, 0.3) is 0 Å². The van der Waals surface area contributed by atoms with Gasteiger partial charge >= 0.3 is 6.03 Å². The van der Waals surface area contributed by atoms with Crippen LogP contribution in [0.25, 0.3) is 0 Å². The number of benzene rings is 1. The first-order valence-corrected chi connectivity index (χ1v) is 7.79. The van der Waals surface area contributed by atoms with Gasteiger partial charge in [-0.2, -0.15) is 0 Å². The normalized spacial score (nSPS) is 18.5. The van der Waals surface area contributed by atoms with E-state index >= 15 is 0 Å². The highest BCUT2D eigenvalue weighted by molar-refractivity contribution is 9.10. The molecule has 1 aromatic carbocycles. The van der Waals surface area contributed by atoms with Crippen LogP contribution in [0.4, 0.5) is 4.79 Å². The van der Waals surface area contributed by atoms with Crippen LogP contribution >= 0.6 is 15.9 Å². The number of urea groups is 1. The third-order valence-corrected chi connectivity index (χ3v) is 4.23. The monoisotopic (exact) mass is 366 g/mol. The zero-order valence-electron chi connectivity index (χ0n) is 12.9. The number of ether oxygens (including phenoxy) is 1. The number of hydrogen-bond donors (Lipinski definition) is 1. The smallest absolute Gasteiger partial charge is 0.322 e. The van der Waals surface area contributed by atoms with Crippen molar-refractivity contribution >= 4 is 27.7 Å². The Morgan fingerprint density at radius 3 is 2.55 bits per heavy atom.